The average Bonchev–Trinajstić information content (AvgIpc) is 2.86. The molecule has 5 nitrogen and oxygen atoms in total. The van der Waals surface area contributed by atoms with Crippen LogP contribution in [0.3, 0.4) is 0 Å². The minimum Gasteiger partial charge on any atom is -0.461 e. The third kappa shape index (κ3) is 1.53. The quantitative estimate of drug-likeness (QED) is 0.850. The molecular weight excluding hydrogens is 206 g/mol. The summed E-state index contributed by atoms with van der Waals surface area (Å²) in [5, 5.41) is 7.16. The predicted octanol–water partition coefficient (Wildman–Crippen LogP) is 1.65. The van der Waals surface area contributed by atoms with E-state index in [9.17, 15) is 0 Å². The maximum absolute atomic E-state index is 5.26. The Morgan fingerprint density at radius 1 is 1.50 bits per heavy atom. The molecule has 0 saturated carbocycles. The first-order valence-electron chi connectivity index (χ1n) is 5.43. The van der Waals surface area contributed by atoms with E-state index >= 15 is 0 Å². The number of hydrogen-bond donors (Lipinski definition) is 1. The highest BCUT2D eigenvalue weighted by atomic mass is 16.5. The molecule has 1 atom stereocenters. The smallest absolute Gasteiger partial charge is 0.238 e. The largest absolute Gasteiger partial charge is 0.461 e. The Labute approximate surface area is 92.8 Å². The number of rotatable bonds is 3. The third-order valence-electron chi connectivity index (χ3n) is 3.09. The van der Waals surface area contributed by atoms with Gasteiger partial charge in [-0.1, -0.05) is 12.1 Å². The fourth-order valence-electron chi connectivity index (χ4n) is 1.79. The summed E-state index contributed by atoms with van der Waals surface area (Å²) in [5.74, 6) is 2.77. The summed E-state index contributed by atoms with van der Waals surface area (Å²) in [6, 6.07) is 3.63. The van der Waals surface area contributed by atoms with Crippen LogP contribution in [0.1, 0.15) is 18.7 Å². The first kappa shape index (κ1) is 9.59. The SMILES string of the molecule is CC(c1nc(-c2ccco2)no1)C1CNC1. The Bertz CT molecular complexity index is 459. The van der Waals surface area contributed by atoms with Crippen LogP contribution >= 0.6 is 0 Å². The Hall–Kier alpha value is -1.62. The van der Waals surface area contributed by atoms with Crippen molar-refractivity contribution >= 4 is 0 Å². The van der Waals surface area contributed by atoms with Gasteiger partial charge in [-0.3, -0.25) is 0 Å². The summed E-state index contributed by atoms with van der Waals surface area (Å²) >= 11 is 0. The minimum absolute atomic E-state index is 0.303. The van der Waals surface area contributed by atoms with Crippen LogP contribution in [-0.2, 0) is 0 Å². The van der Waals surface area contributed by atoms with Gasteiger partial charge in [0.05, 0.1) is 6.26 Å². The van der Waals surface area contributed by atoms with E-state index in [1.165, 1.54) is 0 Å². The molecule has 0 bridgehead atoms. The molecule has 0 aliphatic carbocycles. The maximum Gasteiger partial charge on any atom is 0.238 e. The zero-order valence-corrected chi connectivity index (χ0v) is 9.01. The van der Waals surface area contributed by atoms with Crippen molar-refractivity contribution in [3.8, 4) is 11.6 Å². The Morgan fingerprint density at radius 2 is 2.38 bits per heavy atom. The summed E-state index contributed by atoms with van der Waals surface area (Å²) in [6.07, 6.45) is 1.60. The monoisotopic (exact) mass is 219 g/mol. The van der Waals surface area contributed by atoms with E-state index in [1.807, 2.05) is 12.1 Å². The summed E-state index contributed by atoms with van der Waals surface area (Å²) in [6.45, 7) is 4.17. The molecule has 1 aliphatic heterocycles. The molecule has 2 aromatic heterocycles. The van der Waals surface area contributed by atoms with E-state index in [0.717, 1.165) is 13.1 Å². The third-order valence-corrected chi connectivity index (χ3v) is 3.09. The van der Waals surface area contributed by atoms with Gasteiger partial charge in [0, 0.05) is 5.92 Å². The molecular formula is C11H13N3O2. The van der Waals surface area contributed by atoms with Crippen LogP contribution in [0.5, 0.6) is 0 Å². The fourth-order valence-corrected chi connectivity index (χ4v) is 1.79. The Morgan fingerprint density at radius 3 is 3.00 bits per heavy atom. The lowest BCUT2D eigenvalue weighted by Gasteiger charge is -2.30. The van der Waals surface area contributed by atoms with Gasteiger partial charge >= 0.3 is 0 Å². The van der Waals surface area contributed by atoms with Crippen molar-refractivity contribution in [1.82, 2.24) is 15.5 Å². The van der Waals surface area contributed by atoms with Crippen LogP contribution in [0.25, 0.3) is 11.6 Å². The van der Waals surface area contributed by atoms with Crippen molar-refractivity contribution in [2.75, 3.05) is 13.1 Å². The maximum atomic E-state index is 5.26. The predicted molar refractivity (Wildman–Crippen MR) is 56.8 cm³/mol. The number of furan rings is 1. The van der Waals surface area contributed by atoms with Gasteiger partial charge in [-0.05, 0) is 31.1 Å². The van der Waals surface area contributed by atoms with E-state index in [0.29, 0.717) is 29.3 Å². The zero-order chi connectivity index (χ0) is 11.0. The van der Waals surface area contributed by atoms with Gasteiger partial charge in [0.25, 0.3) is 0 Å². The summed E-state index contributed by atoms with van der Waals surface area (Å²) in [4.78, 5) is 4.36. The summed E-state index contributed by atoms with van der Waals surface area (Å²) in [7, 11) is 0. The van der Waals surface area contributed by atoms with E-state index in [1.54, 1.807) is 6.26 Å². The lowest BCUT2D eigenvalue weighted by Crippen LogP contribution is -2.44. The van der Waals surface area contributed by atoms with Crippen molar-refractivity contribution in [2.24, 2.45) is 5.92 Å². The molecule has 1 aliphatic rings. The van der Waals surface area contributed by atoms with E-state index < -0.39 is 0 Å². The van der Waals surface area contributed by atoms with Crippen molar-refractivity contribution in [3.63, 3.8) is 0 Å². The fraction of sp³-hybridized carbons (Fsp3) is 0.455. The second-order valence-corrected chi connectivity index (χ2v) is 4.14. The number of nitrogens with zero attached hydrogens (tertiary/aromatic N) is 2. The highest BCUT2D eigenvalue weighted by molar-refractivity contribution is 5.44. The molecule has 0 spiro atoms. The summed E-state index contributed by atoms with van der Waals surface area (Å²) < 4.78 is 10.5. The zero-order valence-electron chi connectivity index (χ0n) is 9.01. The van der Waals surface area contributed by atoms with Gasteiger partial charge in [-0.15, -0.1) is 0 Å². The highest BCUT2D eigenvalue weighted by Crippen LogP contribution is 2.27. The molecule has 16 heavy (non-hydrogen) atoms. The lowest BCUT2D eigenvalue weighted by molar-refractivity contribution is 0.252. The minimum atomic E-state index is 0.303. The van der Waals surface area contributed by atoms with Crippen LogP contribution in [0.15, 0.2) is 27.3 Å². The summed E-state index contributed by atoms with van der Waals surface area (Å²) in [5.41, 5.74) is 0. The van der Waals surface area contributed by atoms with Crippen molar-refractivity contribution in [1.29, 1.82) is 0 Å². The molecule has 3 rings (SSSR count). The number of nitrogens with one attached hydrogen (secondary N) is 1. The highest BCUT2D eigenvalue weighted by Gasteiger charge is 2.29. The molecule has 84 valence electrons. The standard InChI is InChI=1S/C11H13N3O2/c1-7(8-5-12-6-8)11-13-10(14-16-11)9-3-2-4-15-9/h2-4,7-8,12H,5-6H2,1H3. The average molecular weight is 219 g/mol. The van der Waals surface area contributed by atoms with Gasteiger partial charge in [0.2, 0.25) is 11.7 Å². The van der Waals surface area contributed by atoms with E-state index in [4.69, 9.17) is 8.94 Å². The molecule has 3 heterocycles. The topological polar surface area (TPSA) is 64.1 Å². The van der Waals surface area contributed by atoms with Crippen molar-refractivity contribution in [2.45, 2.75) is 12.8 Å². The lowest BCUT2D eigenvalue weighted by atomic mass is 9.89. The second-order valence-electron chi connectivity index (χ2n) is 4.14. The van der Waals surface area contributed by atoms with Gasteiger partial charge in [-0.25, -0.2) is 0 Å². The van der Waals surface area contributed by atoms with Gasteiger partial charge in [-0.2, -0.15) is 4.98 Å². The van der Waals surface area contributed by atoms with Crippen molar-refractivity contribution in [3.05, 3.63) is 24.3 Å². The van der Waals surface area contributed by atoms with Crippen LogP contribution < -0.4 is 5.32 Å². The first-order valence-corrected chi connectivity index (χ1v) is 5.43. The Kier molecular flexibility index (Phi) is 2.25. The molecule has 1 unspecified atom stereocenters. The van der Waals surface area contributed by atoms with Gasteiger partial charge in [0.1, 0.15) is 0 Å². The van der Waals surface area contributed by atoms with Gasteiger partial charge < -0.3 is 14.3 Å². The molecule has 0 aromatic carbocycles. The molecule has 1 fully saturated rings. The first-order chi connectivity index (χ1) is 7.84. The van der Waals surface area contributed by atoms with Crippen molar-refractivity contribution < 1.29 is 8.94 Å². The number of hydrogen-bond acceptors (Lipinski definition) is 5. The molecule has 5 heteroatoms. The van der Waals surface area contributed by atoms with Crippen LogP contribution in [-0.4, -0.2) is 23.2 Å². The molecule has 1 N–H and O–H groups in total. The van der Waals surface area contributed by atoms with Crippen LogP contribution in [0.4, 0.5) is 0 Å². The van der Waals surface area contributed by atoms with E-state index in [-0.39, 0.29) is 0 Å². The molecule has 0 amide bonds. The molecule has 2 aromatic rings. The molecule has 0 radical (unpaired) electrons. The van der Waals surface area contributed by atoms with Crippen LogP contribution in [0.2, 0.25) is 0 Å². The van der Waals surface area contributed by atoms with Gasteiger partial charge in [0.15, 0.2) is 5.76 Å². The Balaban J connectivity index is 1.82. The van der Waals surface area contributed by atoms with Crippen LogP contribution in [0, 0.1) is 5.92 Å². The van der Waals surface area contributed by atoms with E-state index in [2.05, 4.69) is 22.4 Å². The second kappa shape index (κ2) is 3.75. The number of aromatic nitrogens is 2. The normalized spacial score (nSPS) is 18.3. The molecule has 1 saturated heterocycles.